The third-order valence-corrected chi connectivity index (χ3v) is 8.76. The molecule has 0 spiro atoms. The summed E-state index contributed by atoms with van der Waals surface area (Å²) in [7, 11) is 0. The number of nitrogens with zero attached hydrogens (tertiary/aromatic N) is 3. The molecule has 1 aliphatic rings. The molecule has 4 rings (SSSR count). The molecule has 3 aromatic rings. The van der Waals surface area contributed by atoms with Crippen molar-refractivity contribution in [3.8, 4) is 10.4 Å². The molecule has 1 saturated carbocycles. The number of aromatic nitrogens is 3. The van der Waals surface area contributed by atoms with E-state index in [1.807, 2.05) is 33.8 Å². The number of hydrogen-bond donors (Lipinski definition) is 3. The number of anilines is 2. The Labute approximate surface area is 216 Å². The average molecular weight is 535 g/mol. The lowest BCUT2D eigenvalue weighted by Crippen LogP contribution is -2.51. The third kappa shape index (κ3) is 5.06. The van der Waals surface area contributed by atoms with Gasteiger partial charge >= 0.3 is 12.1 Å². The number of nitrogens with one attached hydrogen (secondary N) is 1. The number of carboxylic acids is 1. The van der Waals surface area contributed by atoms with Crippen LogP contribution in [0.5, 0.6) is 0 Å². The summed E-state index contributed by atoms with van der Waals surface area (Å²) < 4.78 is 39.1. The highest BCUT2D eigenvalue weighted by Crippen LogP contribution is 2.54. The van der Waals surface area contributed by atoms with Crippen molar-refractivity contribution in [3.05, 3.63) is 52.9 Å². The number of aliphatic carboxylic acids is 1. The Hall–Kier alpha value is -3.05. The van der Waals surface area contributed by atoms with Gasteiger partial charge in [0.1, 0.15) is 16.3 Å². The number of aliphatic hydroxyl groups is 1. The van der Waals surface area contributed by atoms with Gasteiger partial charge in [-0.25, -0.2) is 15.0 Å². The van der Waals surface area contributed by atoms with Crippen molar-refractivity contribution < 1.29 is 28.2 Å². The molecule has 2 heterocycles. The summed E-state index contributed by atoms with van der Waals surface area (Å²) >= 11 is 1.33. The zero-order chi connectivity index (χ0) is 27.2. The lowest BCUT2D eigenvalue weighted by molar-refractivity contribution is -0.169. The van der Waals surface area contributed by atoms with Crippen molar-refractivity contribution in [3.63, 3.8) is 0 Å². The first-order valence-electron chi connectivity index (χ1n) is 12.0. The fraction of sp³-hybridized carbons (Fsp3) is 0.462. The maximum atomic E-state index is 13.0. The second-order valence-electron chi connectivity index (χ2n) is 9.96. The number of carboxylic acid groups (broad SMARTS) is 1. The highest BCUT2D eigenvalue weighted by Gasteiger charge is 2.55. The molecule has 4 atom stereocenters. The van der Waals surface area contributed by atoms with Gasteiger partial charge in [0.25, 0.3) is 0 Å². The zero-order valence-corrected chi connectivity index (χ0v) is 21.7. The van der Waals surface area contributed by atoms with Gasteiger partial charge in [-0.2, -0.15) is 13.2 Å². The molecule has 1 aliphatic carbocycles. The first-order valence-corrected chi connectivity index (χ1v) is 12.8. The second kappa shape index (κ2) is 9.68. The predicted octanol–water partition coefficient (Wildman–Crippen LogP) is 6.41. The minimum atomic E-state index is -4.58. The van der Waals surface area contributed by atoms with E-state index in [0.717, 1.165) is 28.3 Å². The van der Waals surface area contributed by atoms with Crippen LogP contribution in [-0.2, 0) is 16.6 Å². The summed E-state index contributed by atoms with van der Waals surface area (Å²) in [6, 6.07) is 6.25. The van der Waals surface area contributed by atoms with Crippen LogP contribution in [0.2, 0.25) is 0 Å². The van der Waals surface area contributed by atoms with Crippen molar-refractivity contribution in [2.75, 3.05) is 5.32 Å². The van der Waals surface area contributed by atoms with Crippen LogP contribution in [0.4, 0.5) is 24.8 Å². The summed E-state index contributed by atoms with van der Waals surface area (Å²) in [5, 5.41) is 25.0. The molecule has 37 heavy (non-hydrogen) atoms. The number of carbonyl (C=O) groups is 1. The number of halogens is 3. The Kier molecular flexibility index (Phi) is 7.06. The van der Waals surface area contributed by atoms with Gasteiger partial charge < -0.3 is 15.5 Å². The van der Waals surface area contributed by atoms with E-state index < -0.39 is 28.9 Å². The van der Waals surface area contributed by atoms with E-state index in [0.29, 0.717) is 23.5 Å². The van der Waals surface area contributed by atoms with Crippen molar-refractivity contribution >= 4 is 28.9 Å². The fourth-order valence-corrected chi connectivity index (χ4v) is 6.45. The molecule has 11 heteroatoms. The molecule has 0 aliphatic heterocycles. The van der Waals surface area contributed by atoms with Gasteiger partial charge in [0.05, 0.1) is 10.3 Å². The summed E-state index contributed by atoms with van der Waals surface area (Å²) in [5.41, 5.74) is -1.04. The van der Waals surface area contributed by atoms with Gasteiger partial charge in [0, 0.05) is 18.1 Å². The van der Waals surface area contributed by atoms with E-state index in [2.05, 4.69) is 20.3 Å². The molecule has 1 fully saturated rings. The van der Waals surface area contributed by atoms with E-state index >= 15 is 0 Å². The van der Waals surface area contributed by atoms with Gasteiger partial charge in [0.15, 0.2) is 0 Å². The van der Waals surface area contributed by atoms with Gasteiger partial charge in [-0.3, -0.25) is 4.79 Å². The van der Waals surface area contributed by atoms with E-state index in [9.17, 15) is 28.2 Å². The standard InChI is InChI=1S/C26H29F3N4O3S/c1-5-24(22(34)35)11-16(4)25(36,12-15(24)3)21-31-13-19(37-21)17-8-14(2)9-18(10-17)32-23-30-7-6-20(33-23)26(27,28)29/h6-10,13,15-16,36H,5,11-12H2,1-4H3,(H,34,35)(H,30,32,33)/t15-,16-,24+,25+/m0/s1. The Balaban J connectivity index is 1.61. The smallest absolute Gasteiger partial charge is 0.433 e. The van der Waals surface area contributed by atoms with Crippen LogP contribution in [0.15, 0.2) is 36.7 Å². The lowest BCUT2D eigenvalue weighted by Gasteiger charge is -2.48. The summed E-state index contributed by atoms with van der Waals surface area (Å²) in [5.74, 6) is -1.56. The molecule has 0 unspecified atom stereocenters. The van der Waals surface area contributed by atoms with Gasteiger partial charge in [0.2, 0.25) is 5.95 Å². The molecule has 198 valence electrons. The Morgan fingerprint density at radius 2 is 1.92 bits per heavy atom. The number of rotatable bonds is 6. The lowest BCUT2D eigenvalue weighted by atomic mass is 9.57. The van der Waals surface area contributed by atoms with Crippen LogP contribution in [0.25, 0.3) is 10.4 Å². The van der Waals surface area contributed by atoms with E-state index in [4.69, 9.17) is 0 Å². The second-order valence-corrected chi connectivity index (χ2v) is 11.0. The Morgan fingerprint density at radius 1 is 1.19 bits per heavy atom. The Morgan fingerprint density at radius 3 is 2.57 bits per heavy atom. The van der Waals surface area contributed by atoms with Gasteiger partial charge in [-0.05, 0) is 67.3 Å². The molecule has 0 amide bonds. The van der Waals surface area contributed by atoms with E-state index in [1.165, 1.54) is 11.3 Å². The predicted molar refractivity (Wildman–Crippen MR) is 134 cm³/mol. The van der Waals surface area contributed by atoms with Crippen molar-refractivity contribution in [1.82, 2.24) is 15.0 Å². The van der Waals surface area contributed by atoms with Crippen molar-refractivity contribution in [2.45, 2.75) is 58.7 Å². The molecule has 0 bridgehead atoms. The van der Waals surface area contributed by atoms with Gasteiger partial charge in [-0.1, -0.05) is 26.8 Å². The maximum absolute atomic E-state index is 13.0. The Bertz CT molecular complexity index is 1310. The fourth-order valence-electron chi connectivity index (χ4n) is 5.33. The molecular weight excluding hydrogens is 505 g/mol. The van der Waals surface area contributed by atoms with Crippen LogP contribution in [-0.4, -0.2) is 31.1 Å². The van der Waals surface area contributed by atoms with Crippen molar-refractivity contribution in [2.24, 2.45) is 17.3 Å². The SMILES string of the molecule is CC[C@@]1(C(=O)O)C[C@H](C)[C@@](O)(c2ncc(-c3cc(C)cc(Nc4nccc(C(F)(F)F)n4)c3)s2)C[C@@H]1C. The highest BCUT2D eigenvalue weighted by molar-refractivity contribution is 7.15. The number of benzene rings is 1. The van der Waals surface area contributed by atoms with Crippen molar-refractivity contribution in [1.29, 1.82) is 0 Å². The van der Waals surface area contributed by atoms with Crippen LogP contribution < -0.4 is 5.32 Å². The molecular formula is C26H29F3N4O3S. The first-order chi connectivity index (χ1) is 17.3. The molecule has 3 N–H and O–H groups in total. The molecule has 1 aromatic carbocycles. The normalized spacial score (nSPS) is 26.2. The van der Waals surface area contributed by atoms with E-state index in [-0.39, 0.29) is 24.2 Å². The molecule has 0 saturated heterocycles. The van der Waals surface area contributed by atoms with Crippen LogP contribution in [0.1, 0.15) is 56.3 Å². The summed E-state index contributed by atoms with van der Waals surface area (Å²) in [4.78, 5) is 24.8. The zero-order valence-electron chi connectivity index (χ0n) is 20.9. The monoisotopic (exact) mass is 534 g/mol. The van der Waals surface area contributed by atoms with Crippen LogP contribution >= 0.6 is 11.3 Å². The minimum Gasteiger partial charge on any atom is -0.481 e. The third-order valence-electron chi connectivity index (χ3n) is 7.54. The van der Waals surface area contributed by atoms with Crippen LogP contribution in [0.3, 0.4) is 0 Å². The number of aryl methyl sites for hydroxylation is 1. The maximum Gasteiger partial charge on any atom is 0.433 e. The minimum absolute atomic E-state index is 0.173. The number of thiazole rings is 1. The number of alkyl halides is 3. The van der Waals surface area contributed by atoms with E-state index in [1.54, 1.807) is 18.3 Å². The first kappa shape index (κ1) is 27.0. The largest absolute Gasteiger partial charge is 0.481 e. The highest BCUT2D eigenvalue weighted by atomic mass is 32.1. The summed E-state index contributed by atoms with van der Waals surface area (Å²) in [6.07, 6.45) is -0.745. The topological polar surface area (TPSA) is 108 Å². The molecule has 7 nitrogen and oxygen atoms in total. The number of hydrogen-bond acceptors (Lipinski definition) is 7. The quantitative estimate of drug-likeness (QED) is 0.336. The van der Waals surface area contributed by atoms with Gasteiger partial charge in [-0.15, -0.1) is 11.3 Å². The summed E-state index contributed by atoms with van der Waals surface area (Å²) in [6.45, 7) is 7.47. The molecule has 0 radical (unpaired) electrons. The molecule has 2 aromatic heterocycles. The average Bonchev–Trinajstić information content (AvgIpc) is 3.32. The van der Waals surface area contributed by atoms with Crippen LogP contribution in [0, 0.1) is 24.2 Å².